The van der Waals surface area contributed by atoms with Crippen LogP contribution in [-0.2, 0) is 11.2 Å². The lowest BCUT2D eigenvalue weighted by Gasteiger charge is -2.33. The molecule has 7 heteroatoms. The highest BCUT2D eigenvalue weighted by Gasteiger charge is 2.23. The molecule has 0 unspecified atom stereocenters. The van der Waals surface area contributed by atoms with Gasteiger partial charge in [0.05, 0.1) is 12.5 Å². The summed E-state index contributed by atoms with van der Waals surface area (Å²) in [5.74, 6) is 0.442. The minimum atomic E-state index is -0.195. The maximum atomic E-state index is 12.1. The highest BCUT2D eigenvalue weighted by Crippen LogP contribution is 2.14. The molecule has 1 fully saturated rings. The summed E-state index contributed by atoms with van der Waals surface area (Å²) in [6.45, 7) is 1.39. The predicted octanol–water partition coefficient (Wildman–Crippen LogP) is 1.08. The lowest BCUT2D eigenvalue weighted by Crippen LogP contribution is -2.49. The molecule has 3 rings (SSSR count). The second-order valence-electron chi connectivity index (χ2n) is 5.73. The number of H-pyrrole nitrogens is 1. The van der Waals surface area contributed by atoms with E-state index in [0.29, 0.717) is 25.2 Å². The molecule has 1 aliphatic heterocycles. The van der Waals surface area contributed by atoms with E-state index >= 15 is 0 Å². The number of nitrogens with one attached hydrogen (secondary N) is 2. The Kier molecular flexibility index (Phi) is 4.75. The quantitative estimate of drug-likeness (QED) is 0.861. The molecule has 0 aromatic carbocycles. The number of hydrogen-bond donors (Lipinski definition) is 2. The maximum Gasteiger partial charge on any atom is 0.290 e. The zero-order valence-electron chi connectivity index (χ0n) is 12.8. The fourth-order valence-electron chi connectivity index (χ4n) is 2.85. The molecule has 23 heavy (non-hydrogen) atoms. The summed E-state index contributed by atoms with van der Waals surface area (Å²) >= 11 is 0. The molecule has 0 bridgehead atoms. The third-order valence-electron chi connectivity index (χ3n) is 4.00. The minimum Gasteiger partial charge on any atom is -0.472 e. The van der Waals surface area contributed by atoms with Crippen molar-refractivity contribution in [2.45, 2.75) is 31.7 Å². The van der Waals surface area contributed by atoms with E-state index in [1.807, 2.05) is 11.0 Å². The van der Waals surface area contributed by atoms with Gasteiger partial charge in [0, 0.05) is 37.9 Å². The monoisotopic (exact) mass is 316 g/mol. The number of rotatable bonds is 5. The summed E-state index contributed by atoms with van der Waals surface area (Å²) in [6.07, 6.45) is 9.29. The van der Waals surface area contributed by atoms with E-state index in [-0.39, 0.29) is 17.5 Å². The number of hydrogen-bond acceptors (Lipinski definition) is 5. The Bertz CT molecular complexity index is 695. The molecule has 0 aliphatic carbocycles. The van der Waals surface area contributed by atoms with Crippen LogP contribution in [0.25, 0.3) is 0 Å². The van der Waals surface area contributed by atoms with Crippen molar-refractivity contribution in [1.29, 1.82) is 0 Å². The number of aromatic amines is 1. The number of carbonyl (C=O) groups is 1. The Balaban J connectivity index is 1.53. The summed E-state index contributed by atoms with van der Waals surface area (Å²) in [5.41, 5.74) is 0.824. The first-order chi connectivity index (χ1) is 11.2. The van der Waals surface area contributed by atoms with Gasteiger partial charge in [0.2, 0.25) is 5.91 Å². The zero-order valence-corrected chi connectivity index (χ0v) is 12.8. The van der Waals surface area contributed by atoms with Gasteiger partial charge in [-0.2, -0.15) is 0 Å². The molecule has 2 N–H and O–H groups in total. The number of piperidine rings is 1. The maximum absolute atomic E-state index is 12.1. The fraction of sp³-hybridized carbons (Fsp3) is 0.438. The van der Waals surface area contributed by atoms with Gasteiger partial charge in [0.15, 0.2) is 5.82 Å². The number of nitrogens with zero attached hydrogens (tertiary/aromatic N) is 2. The number of aromatic nitrogens is 2. The van der Waals surface area contributed by atoms with Crippen LogP contribution < -0.4 is 15.8 Å². The molecule has 1 saturated heterocycles. The van der Waals surface area contributed by atoms with Crippen LogP contribution in [-0.4, -0.2) is 35.0 Å². The molecule has 0 spiro atoms. The molecule has 2 aromatic rings. The van der Waals surface area contributed by atoms with E-state index in [2.05, 4.69) is 15.3 Å². The molecule has 0 radical (unpaired) electrons. The van der Waals surface area contributed by atoms with Gasteiger partial charge < -0.3 is 19.6 Å². The summed E-state index contributed by atoms with van der Waals surface area (Å²) in [5, 5.41) is 3.05. The van der Waals surface area contributed by atoms with Crippen molar-refractivity contribution in [3.8, 4) is 0 Å². The van der Waals surface area contributed by atoms with E-state index in [1.54, 1.807) is 18.7 Å². The van der Waals surface area contributed by atoms with E-state index in [9.17, 15) is 9.59 Å². The molecule has 7 nitrogen and oxygen atoms in total. The van der Waals surface area contributed by atoms with Crippen LogP contribution in [0.15, 0.2) is 40.2 Å². The second kappa shape index (κ2) is 7.13. The summed E-state index contributed by atoms with van der Waals surface area (Å²) in [7, 11) is 0. The topological polar surface area (TPSA) is 91.2 Å². The van der Waals surface area contributed by atoms with Crippen molar-refractivity contribution in [2.75, 3.05) is 18.0 Å². The Morgan fingerprint density at radius 3 is 3.22 bits per heavy atom. The van der Waals surface area contributed by atoms with Gasteiger partial charge in [-0.1, -0.05) is 0 Å². The fourth-order valence-corrected chi connectivity index (χ4v) is 2.85. The van der Waals surface area contributed by atoms with Crippen LogP contribution in [0.5, 0.6) is 0 Å². The normalized spacial score (nSPS) is 17.9. The lowest BCUT2D eigenvalue weighted by molar-refractivity contribution is -0.121. The van der Waals surface area contributed by atoms with Crippen molar-refractivity contribution in [2.24, 2.45) is 0 Å². The Morgan fingerprint density at radius 2 is 2.43 bits per heavy atom. The average Bonchev–Trinajstić information content (AvgIpc) is 3.07. The average molecular weight is 316 g/mol. The molecule has 122 valence electrons. The van der Waals surface area contributed by atoms with Gasteiger partial charge in [-0.05, 0) is 30.9 Å². The largest absolute Gasteiger partial charge is 0.472 e. The Morgan fingerprint density at radius 1 is 1.52 bits per heavy atom. The summed E-state index contributed by atoms with van der Waals surface area (Å²) < 4.78 is 4.99. The van der Waals surface area contributed by atoms with Crippen LogP contribution in [0.3, 0.4) is 0 Å². The van der Waals surface area contributed by atoms with Gasteiger partial charge in [-0.3, -0.25) is 9.59 Å². The molecule has 3 heterocycles. The first-order valence-corrected chi connectivity index (χ1v) is 7.81. The smallest absolute Gasteiger partial charge is 0.290 e. The highest BCUT2D eigenvalue weighted by atomic mass is 16.3. The molecule has 2 aromatic heterocycles. The van der Waals surface area contributed by atoms with Crippen LogP contribution in [0.4, 0.5) is 5.82 Å². The number of furan rings is 1. The number of carbonyl (C=O) groups excluding carboxylic acids is 1. The van der Waals surface area contributed by atoms with Gasteiger partial charge in [0.25, 0.3) is 5.56 Å². The lowest BCUT2D eigenvalue weighted by atomic mass is 10.1. The van der Waals surface area contributed by atoms with E-state index in [1.165, 1.54) is 6.20 Å². The molecule has 1 atom stereocenters. The van der Waals surface area contributed by atoms with Gasteiger partial charge in [-0.15, -0.1) is 0 Å². The predicted molar refractivity (Wildman–Crippen MR) is 85.3 cm³/mol. The van der Waals surface area contributed by atoms with E-state index < -0.39 is 0 Å². The second-order valence-corrected chi connectivity index (χ2v) is 5.73. The standard InChI is InChI=1S/C16H20N4O3/c21-14(4-3-12-5-9-23-11-12)19-13-2-1-8-20(10-13)15-16(22)18-7-6-17-15/h5-7,9,11,13H,1-4,8,10H2,(H,18,22)(H,19,21)/t13-/m0/s1. The van der Waals surface area contributed by atoms with Crippen molar-refractivity contribution >= 4 is 11.7 Å². The van der Waals surface area contributed by atoms with E-state index in [4.69, 9.17) is 4.42 Å². The number of aryl methyl sites for hydroxylation is 1. The van der Waals surface area contributed by atoms with Crippen molar-refractivity contribution in [1.82, 2.24) is 15.3 Å². The molecular formula is C16H20N4O3. The van der Waals surface area contributed by atoms with Crippen molar-refractivity contribution < 1.29 is 9.21 Å². The number of amides is 1. The van der Waals surface area contributed by atoms with Crippen molar-refractivity contribution in [3.05, 3.63) is 46.9 Å². The van der Waals surface area contributed by atoms with Crippen LogP contribution in [0.1, 0.15) is 24.8 Å². The first kappa shape index (κ1) is 15.3. The minimum absolute atomic E-state index is 0.0213. The van der Waals surface area contributed by atoms with E-state index in [0.717, 1.165) is 24.9 Å². The molecule has 0 saturated carbocycles. The zero-order chi connectivity index (χ0) is 16.1. The van der Waals surface area contributed by atoms with Gasteiger partial charge >= 0.3 is 0 Å². The number of anilines is 1. The van der Waals surface area contributed by atoms with Crippen LogP contribution >= 0.6 is 0 Å². The molecule has 1 aliphatic rings. The van der Waals surface area contributed by atoms with Gasteiger partial charge in [0.1, 0.15) is 0 Å². The highest BCUT2D eigenvalue weighted by molar-refractivity contribution is 5.76. The molecule has 1 amide bonds. The molecular weight excluding hydrogens is 296 g/mol. The Hall–Kier alpha value is -2.57. The summed E-state index contributed by atoms with van der Waals surface area (Å²) in [6, 6.07) is 1.91. The van der Waals surface area contributed by atoms with Gasteiger partial charge in [-0.25, -0.2) is 4.98 Å². The first-order valence-electron chi connectivity index (χ1n) is 7.81. The summed E-state index contributed by atoms with van der Waals surface area (Å²) in [4.78, 5) is 32.6. The SMILES string of the molecule is O=C(CCc1ccoc1)N[C@H]1CCCN(c2ncc[nH]c2=O)C1. The van der Waals surface area contributed by atoms with Crippen LogP contribution in [0.2, 0.25) is 0 Å². The third kappa shape index (κ3) is 4.00. The third-order valence-corrected chi connectivity index (χ3v) is 4.00. The van der Waals surface area contributed by atoms with Crippen molar-refractivity contribution in [3.63, 3.8) is 0 Å². The van der Waals surface area contributed by atoms with Crippen LogP contribution in [0, 0.1) is 0 Å². The Labute approximate surface area is 133 Å².